The molecule has 8 heteroatoms. The summed E-state index contributed by atoms with van der Waals surface area (Å²) in [6.07, 6.45) is 0. The van der Waals surface area contributed by atoms with E-state index in [1.807, 2.05) is 49.4 Å². The molecule has 0 aromatic heterocycles. The molecule has 0 saturated carbocycles. The van der Waals surface area contributed by atoms with Gasteiger partial charge in [-0.15, -0.1) is 0 Å². The normalized spacial score (nSPS) is 11.8. The Balaban J connectivity index is 1.91. The number of likely N-dealkylation sites (N-methyl/N-ethyl adjacent to an activating group) is 1. The van der Waals surface area contributed by atoms with E-state index in [0.29, 0.717) is 28.6 Å². The van der Waals surface area contributed by atoms with Crippen LogP contribution in [0.4, 0.5) is 11.4 Å². The van der Waals surface area contributed by atoms with Crippen LogP contribution in [0.3, 0.4) is 0 Å². The Hall–Kier alpha value is -3.42. The molecule has 0 fully saturated rings. The third-order valence-electron chi connectivity index (χ3n) is 4.91. The molecule has 0 aliphatic rings. The lowest BCUT2D eigenvalue weighted by molar-refractivity contribution is -0.384. The molecule has 1 amide bonds. The van der Waals surface area contributed by atoms with Gasteiger partial charge in [-0.2, -0.15) is 0 Å². The molecular weight excluding hydrogens is 430 g/mol. The lowest BCUT2D eigenvalue weighted by Crippen LogP contribution is -2.34. The number of anilines is 1. The summed E-state index contributed by atoms with van der Waals surface area (Å²) < 4.78 is 5.62. The molecular formula is C24H24ClN3O4. The number of nitrogens with zero attached hydrogens (tertiary/aromatic N) is 2. The number of amides is 1. The molecule has 32 heavy (non-hydrogen) atoms. The first-order chi connectivity index (χ1) is 15.4. The van der Waals surface area contributed by atoms with Crippen molar-refractivity contribution in [1.29, 1.82) is 0 Å². The molecule has 0 bridgehead atoms. The number of benzene rings is 3. The molecule has 3 rings (SSSR count). The number of carbonyl (C=O) groups is 1. The molecule has 166 valence electrons. The highest BCUT2D eigenvalue weighted by Crippen LogP contribution is 2.30. The summed E-state index contributed by atoms with van der Waals surface area (Å²) in [5.74, 6) is 0.326. The van der Waals surface area contributed by atoms with Crippen LogP contribution in [0.5, 0.6) is 5.75 Å². The largest absolute Gasteiger partial charge is 0.492 e. The van der Waals surface area contributed by atoms with Crippen LogP contribution in [0.15, 0.2) is 72.8 Å². The number of nitrogens with one attached hydrogen (secondary N) is 1. The Morgan fingerprint density at radius 2 is 1.81 bits per heavy atom. The fourth-order valence-electron chi connectivity index (χ4n) is 3.45. The molecule has 1 N–H and O–H groups in total. The molecule has 0 radical (unpaired) electrons. The zero-order chi connectivity index (χ0) is 23.1. The van der Waals surface area contributed by atoms with Gasteiger partial charge < -0.3 is 10.1 Å². The van der Waals surface area contributed by atoms with Gasteiger partial charge in [-0.25, -0.2) is 0 Å². The van der Waals surface area contributed by atoms with Gasteiger partial charge in [0.05, 0.1) is 17.2 Å². The van der Waals surface area contributed by atoms with Gasteiger partial charge in [-0.3, -0.25) is 19.8 Å². The fraction of sp³-hybridized carbons (Fsp3) is 0.208. The standard InChI is InChI=1S/C24H24ClN3O4/c1-3-32-22-12-8-7-11-21(22)26-24(29)23(17-9-5-4-6-10-17)27(2)16-18-15-19(28(30)31)13-14-20(18)25/h4-15,23H,3,16H2,1-2H3,(H,26,29)/t23-/m1/s1. The predicted octanol–water partition coefficient (Wildman–Crippen LogP) is 5.46. The van der Waals surface area contributed by atoms with E-state index in [-0.39, 0.29) is 18.1 Å². The highest BCUT2D eigenvalue weighted by Gasteiger charge is 2.27. The minimum atomic E-state index is -0.666. The SMILES string of the molecule is CCOc1ccccc1NC(=O)[C@@H](c1ccccc1)N(C)Cc1cc([N+](=O)[O-])ccc1Cl. The Labute approximate surface area is 191 Å². The van der Waals surface area contributed by atoms with Crippen molar-refractivity contribution < 1.29 is 14.5 Å². The minimum Gasteiger partial charge on any atom is -0.492 e. The second-order valence-corrected chi connectivity index (χ2v) is 7.59. The number of carbonyl (C=O) groups excluding carboxylic acids is 1. The topological polar surface area (TPSA) is 84.7 Å². The van der Waals surface area contributed by atoms with Crippen molar-refractivity contribution in [2.24, 2.45) is 0 Å². The van der Waals surface area contributed by atoms with Crippen LogP contribution in [0.1, 0.15) is 24.1 Å². The zero-order valence-corrected chi connectivity index (χ0v) is 18.6. The van der Waals surface area contributed by atoms with Crippen LogP contribution in [-0.2, 0) is 11.3 Å². The van der Waals surface area contributed by atoms with E-state index in [2.05, 4.69) is 5.32 Å². The second kappa shape index (κ2) is 10.7. The molecule has 3 aromatic rings. The fourth-order valence-corrected chi connectivity index (χ4v) is 3.63. The van der Waals surface area contributed by atoms with E-state index in [0.717, 1.165) is 5.56 Å². The second-order valence-electron chi connectivity index (χ2n) is 7.18. The number of non-ortho nitro benzene ring substituents is 1. The van der Waals surface area contributed by atoms with Gasteiger partial charge in [-0.1, -0.05) is 54.1 Å². The summed E-state index contributed by atoms with van der Waals surface area (Å²) in [5.41, 5.74) is 1.86. The first-order valence-electron chi connectivity index (χ1n) is 10.1. The maximum absolute atomic E-state index is 13.4. The van der Waals surface area contributed by atoms with Gasteiger partial charge in [0.25, 0.3) is 5.69 Å². The molecule has 7 nitrogen and oxygen atoms in total. The lowest BCUT2D eigenvalue weighted by atomic mass is 10.0. The lowest BCUT2D eigenvalue weighted by Gasteiger charge is -2.28. The Morgan fingerprint density at radius 1 is 1.12 bits per heavy atom. The summed E-state index contributed by atoms with van der Waals surface area (Å²) in [5, 5.41) is 14.5. The first kappa shape index (κ1) is 23.2. The molecule has 1 atom stereocenters. The molecule has 0 heterocycles. The van der Waals surface area contributed by atoms with Crippen molar-refractivity contribution in [3.8, 4) is 5.75 Å². The maximum Gasteiger partial charge on any atom is 0.269 e. The number of rotatable bonds is 9. The number of ether oxygens (including phenoxy) is 1. The molecule has 0 saturated heterocycles. The summed E-state index contributed by atoms with van der Waals surface area (Å²) in [7, 11) is 1.78. The van der Waals surface area contributed by atoms with Crippen molar-refractivity contribution in [2.45, 2.75) is 19.5 Å². The van der Waals surface area contributed by atoms with Gasteiger partial charge in [0, 0.05) is 23.7 Å². The third-order valence-corrected chi connectivity index (χ3v) is 5.28. The average Bonchev–Trinajstić information content (AvgIpc) is 2.77. The molecule has 0 aliphatic carbocycles. The van der Waals surface area contributed by atoms with Crippen LogP contribution in [0, 0.1) is 10.1 Å². The number of hydrogen-bond acceptors (Lipinski definition) is 5. The highest BCUT2D eigenvalue weighted by atomic mass is 35.5. The number of nitro benzene ring substituents is 1. The van der Waals surface area contributed by atoms with Crippen molar-refractivity contribution in [3.05, 3.63) is 99.1 Å². The van der Waals surface area contributed by atoms with Crippen molar-refractivity contribution in [2.75, 3.05) is 19.0 Å². The molecule has 0 unspecified atom stereocenters. The number of para-hydroxylation sites is 2. The van der Waals surface area contributed by atoms with Gasteiger partial charge >= 0.3 is 0 Å². The maximum atomic E-state index is 13.4. The monoisotopic (exact) mass is 453 g/mol. The summed E-state index contributed by atoms with van der Waals surface area (Å²) >= 11 is 6.29. The molecule has 0 aliphatic heterocycles. The predicted molar refractivity (Wildman–Crippen MR) is 125 cm³/mol. The average molecular weight is 454 g/mol. The summed E-state index contributed by atoms with van der Waals surface area (Å²) in [4.78, 5) is 25.9. The van der Waals surface area contributed by atoms with E-state index in [9.17, 15) is 14.9 Å². The zero-order valence-electron chi connectivity index (χ0n) is 17.8. The number of nitro groups is 1. The van der Waals surface area contributed by atoms with Crippen LogP contribution in [-0.4, -0.2) is 29.4 Å². The van der Waals surface area contributed by atoms with Gasteiger partial charge in [0.1, 0.15) is 11.8 Å². The van der Waals surface area contributed by atoms with Crippen molar-refractivity contribution >= 4 is 28.9 Å². The van der Waals surface area contributed by atoms with Crippen LogP contribution in [0.25, 0.3) is 0 Å². The Kier molecular flexibility index (Phi) is 7.81. The quantitative estimate of drug-likeness (QED) is 0.343. The van der Waals surface area contributed by atoms with E-state index >= 15 is 0 Å². The summed E-state index contributed by atoms with van der Waals surface area (Å²) in [6.45, 7) is 2.59. The van der Waals surface area contributed by atoms with E-state index in [1.54, 1.807) is 24.1 Å². The first-order valence-corrected chi connectivity index (χ1v) is 10.5. The van der Waals surface area contributed by atoms with Crippen LogP contribution >= 0.6 is 11.6 Å². The van der Waals surface area contributed by atoms with Gasteiger partial charge in [-0.05, 0) is 43.3 Å². The smallest absolute Gasteiger partial charge is 0.269 e. The van der Waals surface area contributed by atoms with Crippen molar-refractivity contribution in [1.82, 2.24) is 4.90 Å². The van der Waals surface area contributed by atoms with Crippen molar-refractivity contribution in [3.63, 3.8) is 0 Å². The molecule has 0 spiro atoms. The van der Waals surface area contributed by atoms with E-state index < -0.39 is 11.0 Å². The van der Waals surface area contributed by atoms with E-state index in [4.69, 9.17) is 16.3 Å². The Bertz CT molecular complexity index is 1090. The highest BCUT2D eigenvalue weighted by molar-refractivity contribution is 6.31. The van der Waals surface area contributed by atoms with Gasteiger partial charge in [0.15, 0.2) is 0 Å². The Morgan fingerprint density at radius 3 is 2.50 bits per heavy atom. The minimum absolute atomic E-state index is 0.0517. The van der Waals surface area contributed by atoms with E-state index in [1.165, 1.54) is 18.2 Å². The number of halogens is 1. The molecule has 3 aromatic carbocycles. The number of hydrogen-bond donors (Lipinski definition) is 1. The van der Waals surface area contributed by atoms with Crippen LogP contribution in [0.2, 0.25) is 5.02 Å². The third kappa shape index (κ3) is 5.63. The van der Waals surface area contributed by atoms with Crippen LogP contribution < -0.4 is 10.1 Å². The van der Waals surface area contributed by atoms with Gasteiger partial charge in [0.2, 0.25) is 5.91 Å². The summed E-state index contributed by atoms with van der Waals surface area (Å²) in [6, 6.07) is 20.2.